The molecule has 0 spiro atoms. The number of rotatable bonds is 6. The molecule has 0 fully saturated rings. The summed E-state index contributed by atoms with van der Waals surface area (Å²) in [6.07, 6.45) is 7.08. The molecule has 0 unspecified atom stereocenters. The van der Waals surface area contributed by atoms with E-state index in [0.717, 1.165) is 18.7 Å². The molecule has 0 atom stereocenters. The quantitative estimate of drug-likeness (QED) is 0.867. The van der Waals surface area contributed by atoms with Crippen molar-refractivity contribution < 1.29 is 0 Å². The predicted octanol–water partition coefficient (Wildman–Crippen LogP) is 3.66. The van der Waals surface area contributed by atoms with Gasteiger partial charge in [0.05, 0.1) is 5.69 Å². The van der Waals surface area contributed by atoms with Crippen molar-refractivity contribution in [3.05, 3.63) is 53.9 Å². The van der Waals surface area contributed by atoms with Gasteiger partial charge < -0.3 is 5.32 Å². The third kappa shape index (κ3) is 4.07. The summed E-state index contributed by atoms with van der Waals surface area (Å²) in [6, 6.07) is 10.9. The Morgan fingerprint density at radius 2 is 2.05 bits per heavy atom. The second-order valence-electron chi connectivity index (χ2n) is 5.23. The number of benzene rings is 1. The van der Waals surface area contributed by atoms with Gasteiger partial charge in [-0.2, -0.15) is 5.10 Å². The molecule has 0 radical (unpaired) electrons. The van der Waals surface area contributed by atoms with Crippen LogP contribution in [0.15, 0.2) is 48.3 Å². The van der Waals surface area contributed by atoms with E-state index in [2.05, 4.69) is 61.5 Å². The normalized spacial score (nSPS) is 12.1. The number of aromatic nitrogens is 2. The number of hydrogen-bond acceptors (Lipinski definition) is 2. The zero-order chi connectivity index (χ0) is 14.4. The van der Waals surface area contributed by atoms with Gasteiger partial charge in [0.25, 0.3) is 0 Å². The Labute approximate surface area is 121 Å². The van der Waals surface area contributed by atoms with Crippen molar-refractivity contribution in [3.8, 4) is 5.69 Å². The molecular formula is C17H23N3. The lowest BCUT2D eigenvalue weighted by molar-refractivity contribution is 0.617. The largest absolute Gasteiger partial charge is 0.311 e. The molecule has 0 saturated carbocycles. The lowest BCUT2D eigenvalue weighted by Gasteiger charge is -2.10. The van der Waals surface area contributed by atoms with Gasteiger partial charge in [-0.3, -0.25) is 0 Å². The molecule has 2 aromatic rings. The fourth-order valence-corrected chi connectivity index (χ4v) is 1.99. The van der Waals surface area contributed by atoms with Gasteiger partial charge in [0.15, 0.2) is 0 Å². The first-order valence-corrected chi connectivity index (χ1v) is 7.22. The summed E-state index contributed by atoms with van der Waals surface area (Å²) in [5.41, 5.74) is 3.75. The molecule has 20 heavy (non-hydrogen) atoms. The summed E-state index contributed by atoms with van der Waals surface area (Å²) in [5, 5.41) is 7.70. The Balaban J connectivity index is 2.08. The Morgan fingerprint density at radius 3 is 2.60 bits per heavy atom. The summed E-state index contributed by atoms with van der Waals surface area (Å²) < 4.78 is 1.87. The standard InChI is InChI=1S/C17H23N3/c1-4-15(13-18-14(2)3)12-16-6-8-17(9-7-16)20-11-5-10-19-20/h5-12,14,18H,4,13H2,1-3H3. The first kappa shape index (κ1) is 14.5. The van der Waals surface area contributed by atoms with Crippen LogP contribution in [0.1, 0.15) is 32.8 Å². The fourth-order valence-electron chi connectivity index (χ4n) is 1.99. The molecule has 1 aromatic carbocycles. The van der Waals surface area contributed by atoms with Crippen molar-refractivity contribution in [2.75, 3.05) is 6.54 Å². The van der Waals surface area contributed by atoms with Crippen LogP contribution in [0, 0.1) is 0 Å². The Kier molecular flexibility index (Phi) is 5.13. The van der Waals surface area contributed by atoms with E-state index in [-0.39, 0.29) is 0 Å². The first-order valence-electron chi connectivity index (χ1n) is 7.22. The molecule has 3 heteroatoms. The molecule has 0 aliphatic heterocycles. The van der Waals surface area contributed by atoms with E-state index in [9.17, 15) is 0 Å². The molecule has 0 saturated heterocycles. The summed E-state index contributed by atoms with van der Waals surface area (Å²) >= 11 is 0. The molecule has 0 aliphatic carbocycles. The van der Waals surface area contributed by atoms with Crippen LogP contribution in [-0.4, -0.2) is 22.4 Å². The van der Waals surface area contributed by atoms with Crippen LogP contribution in [0.5, 0.6) is 0 Å². The minimum absolute atomic E-state index is 0.521. The zero-order valence-corrected chi connectivity index (χ0v) is 12.5. The van der Waals surface area contributed by atoms with Crippen molar-refractivity contribution in [1.82, 2.24) is 15.1 Å². The topological polar surface area (TPSA) is 29.9 Å². The number of hydrogen-bond donors (Lipinski definition) is 1. The predicted molar refractivity (Wildman–Crippen MR) is 85.0 cm³/mol. The Morgan fingerprint density at radius 1 is 1.30 bits per heavy atom. The van der Waals surface area contributed by atoms with E-state index in [0.29, 0.717) is 6.04 Å². The third-order valence-electron chi connectivity index (χ3n) is 3.22. The SMILES string of the molecule is CCC(=Cc1ccc(-n2cccn2)cc1)CNC(C)C. The van der Waals surface area contributed by atoms with Crippen molar-refractivity contribution in [3.63, 3.8) is 0 Å². The van der Waals surface area contributed by atoms with Crippen molar-refractivity contribution in [2.45, 2.75) is 33.2 Å². The molecule has 0 amide bonds. The maximum absolute atomic E-state index is 4.23. The molecule has 106 valence electrons. The monoisotopic (exact) mass is 269 g/mol. The maximum Gasteiger partial charge on any atom is 0.0645 e. The molecule has 3 nitrogen and oxygen atoms in total. The van der Waals surface area contributed by atoms with E-state index in [1.807, 2.05) is 16.9 Å². The van der Waals surface area contributed by atoms with Gasteiger partial charge in [0.1, 0.15) is 0 Å². The second-order valence-corrected chi connectivity index (χ2v) is 5.23. The molecule has 1 aromatic heterocycles. The van der Waals surface area contributed by atoms with Crippen LogP contribution < -0.4 is 5.32 Å². The summed E-state index contributed by atoms with van der Waals surface area (Å²) in [6.45, 7) is 7.50. The van der Waals surface area contributed by atoms with Crippen molar-refractivity contribution in [2.24, 2.45) is 0 Å². The van der Waals surface area contributed by atoms with Gasteiger partial charge in [-0.05, 0) is 30.2 Å². The van der Waals surface area contributed by atoms with Crippen LogP contribution in [0.25, 0.3) is 11.8 Å². The van der Waals surface area contributed by atoms with Crippen molar-refractivity contribution in [1.29, 1.82) is 0 Å². The van der Waals surface area contributed by atoms with Gasteiger partial charge in [0, 0.05) is 25.0 Å². The summed E-state index contributed by atoms with van der Waals surface area (Å²) in [4.78, 5) is 0. The van der Waals surface area contributed by atoms with Crippen LogP contribution in [0.4, 0.5) is 0 Å². The van der Waals surface area contributed by atoms with E-state index in [1.165, 1.54) is 11.1 Å². The van der Waals surface area contributed by atoms with Gasteiger partial charge in [-0.25, -0.2) is 4.68 Å². The second kappa shape index (κ2) is 7.06. The van der Waals surface area contributed by atoms with Gasteiger partial charge >= 0.3 is 0 Å². The lowest BCUT2D eigenvalue weighted by Crippen LogP contribution is -2.24. The zero-order valence-electron chi connectivity index (χ0n) is 12.5. The van der Waals surface area contributed by atoms with Gasteiger partial charge in [-0.15, -0.1) is 0 Å². The number of nitrogens with one attached hydrogen (secondary N) is 1. The average molecular weight is 269 g/mol. The first-order chi connectivity index (χ1) is 9.69. The molecule has 1 N–H and O–H groups in total. The summed E-state index contributed by atoms with van der Waals surface area (Å²) in [5.74, 6) is 0. The minimum Gasteiger partial charge on any atom is -0.311 e. The minimum atomic E-state index is 0.521. The fraction of sp³-hybridized carbons (Fsp3) is 0.353. The van der Waals surface area contributed by atoms with Crippen LogP contribution >= 0.6 is 0 Å². The van der Waals surface area contributed by atoms with E-state index < -0.39 is 0 Å². The highest BCUT2D eigenvalue weighted by Gasteiger charge is 1.99. The Bertz CT molecular complexity index is 536. The average Bonchev–Trinajstić information content (AvgIpc) is 2.98. The van der Waals surface area contributed by atoms with E-state index in [4.69, 9.17) is 0 Å². The third-order valence-corrected chi connectivity index (χ3v) is 3.22. The highest BCUT2D eigenvalue weighted by molar-refractivity contribution is 5.55. The molecular weight excluding hydrogens is 246 g/mol. The highest BCUT2D eigenvalue weighted by atomic mass is 15.3. The summed E-state index contributed by atoms with van der Waals surface area (Å²) in [7, 11) is 0. The molecule has 0 bridgehead atoms. The van der Waals surface area contributed by atoms with E-state index in [1.54, 1.807) is 6.20 Å². The molecule has 2 rings (SSSR count). The smallest absolute Gasteiger partial charge is 0.0645 e. The van der Waals surface area contributed by atoms with E-state index >= 15 is 0 Å². The van der Waals surface area contributed by atoms with Gasteiger partial charge in [-0.1, -0.05) is 44.6 Å². The van der Waals surface area contributed by atoms with Crippen LogP contribution in [0.2, 0.25) is 0 Å². The van der Waals surface area contributed by atoms with Gasteiger partial charge in [0.2, 0.25) is 0 Å². The number of nitrogens with zero attached hydrogens (tertiary/aromatic N) is 2. The highest BCUT2D eigenvalue weighted by Crippen LogP contribution is 2.13. The maximum atomic E-state index is 4.23. The molecule has 1 heterocycles. The lowest BCUT2D eigenvalue weighted by atomic mass is 10.1. The molecule has 0 aliphatic rings. The van der Waals surface area contributed by atoms with Crippen LogP contribution in [-0.2, 0) is 0 Å². The van der Waals surface area contributed by atoms with Crippen LogP contribution in [0.3, 0.4) is 0 Å². The van der Waals surface area contributed by atoms with Crippen molar-refractivity contribution >= 4 is 6.08 Å². The Hall–Kier alpha value is -1.87.